The third kappa shape index (κ3) is 3.49. The van der Waals surface area contributed by atoms with Crippen LogP contribution >= 0.6 is 0 Å². The van der Waals surface area contributed by atoms with E-state index in [4.69, 9.17) is 5.73 Å². The highest BCUT2D eigenvalue weighted by molar-refractivity contribution is 6.02. The molecule has 0 bridgehead atoms. The van der Waals surface area contributed by atoms with Crippen molar-refractivity contribution in [3.63, 3.8) is 0 Å². The lowest BCUT2D eigenvalue weighted by Crippen LogP contribution is -2.51. The van der Waals surface area contributed by atoms with Crippen LogP contribution in [-0.4, -0.2) is 31.0 Å². The summed E-state index contributed by atoms with van der Waals surface area (Å²) >= 11 is 0. The molecule has 0 aliphatic rings. The molecule has 0 aliphatic heterocycles. The number of carbonyl (C=O) groups excluding carboxylic acids is 1. The minimum Gasteiger partial charge on any atom is -0.399 e. The van der Waals surface area contributed by atoms with E-state index < -0.39 is 11.0 Å². The molecule has 1 aromatic carbocycles. The number of nitrogens with two attached hydrogens (primary N) is 1. The highest BCUT2D eigenvalue weighted by Crippen LogP contribution is 2.32. The average molecular weight is 366 g/mol. The summed E-state index contributed by atoms with van der Waals surface area (Å²) in [6.07, 6.45) is 3.17. The van der Waals surface area contributed by atoms with E-state index in [0.717, 1.165) is 5.69 Å². The number of fused-ring (bicyclic) bond motifs is 1. The zero-order valence-corrected chi connectivity index (χ0v) is 16.7. The van der Waals surface area contributed by atoms with E-state index in [1.54, 1.807) is 11.2 Å². The second-order valence-electron chi connectivity index (χ2n) is 8.64. The van der Waals surface area contributed by atoms with Crippen molar-refractivity contribution in [2.75, 3.05) is 10.6 Å². The molecular formula is C20H26N6O. The first-order valence-electron chi connectivity index (χ1n) is 8.89. The molecular weight excluding hydrogens is 340 g/mol. The average Bonchev–Trinajstić information content (AvgIpc) is 2.98. The fourth-order valence-electron chi connectivity index (χ4n) is 2.86. The van der Waals surface area contributed by atoms with Gasteiger partial charge in [-0.3, -0.25) is 14.3 Å². The Morgan fingerprint density at radius 1 is 1.00 bits per heavy atom. The molecule has 7 nitrogen and oxygen atoms in total. The summed E-state index contributed by atoms with van der Waals surface area (Å²) in [7, 11) is 0. The van der Waals surface area contributed by atoms with Gasteiger partial charge in [-0.15, -0.1) is 0 Å². The zero-order valence-electron chi connectivity index (χ0n) is 16.7. The number of imidazole rings is 1. The van der Waals surface area contributed by atoms with Crippen molar-refractivity contribution in [1.29, 1.82) is 0 Å². The Labute approximate surface area is 159 Å². The van der Waals surface area contributed by atoms with E-state index in [2.05, 4.69) is 15.0 Å². The van der Waals surface area contributed by atoms with Crippen LogP contribution < -0.4 is 10.6 Å². The molecule has 3 aromatic rings. The second-order valence-corrected chi connectivity index (χ2v) is 8.64. The Balaban J connectivity index is 2.20. The van der Waals surface area contributed by atoms with Crippen molar-refractivity contribution >= 4 is 28.6 Å². The van der Waals surface area contributed by atoms with E-state index in [9.17, 15) is 4.79 Å². The molecule has 0 aliphatic carbocycles. The molecule has 0 spiro atoms. The topological polar surface area (TPSA) is 89.9 Å². The van der Waals surface area contributed by atoms with Gasteiger partial charge in [-0.1, -0.05) is 20.8 Å². The van der Waals surface area contributed by atoms with Crippen LogP contribution in [0.5, 0.6) is 0 Å². The van der Waals surface area contributed by atoms with E-state index in [1.807, 2.05) is 70.4 Å². The fraction of sp³-hybridized carbons (Fsp3) is 0.400. The van der Waals surface area contributed by atoms with Crippen molar-refractivity contribution < 1.29 is 4.79 Å². The fourth-order valence-corrected chi connectivity index (χ4v) is 2.86. The molecule has 7 heteroatoms. The number of anilines is 2. The first kappa shape index (κ1) is 18.8. The largest absolute Gasteiger partial charge is 0.399 e. The summed E-state index contributed by atoms with van der Waals surface area (Å²) in [6.45, 7) is 11.7. The summed E-state index contributed by atoms with van der Waals surface area (Å²) in [6, 6.07) is 7.46. The van der Waals surface area contributed by atoms with Gasteiger partial charge in [0, 0.05) is 22.3 Å². The first-order chi connectivity index (χ1) is 12.5. The maximum absolute atomic E-state index is 13.2. The predicted octanol–water partition coefficient (Wildman–Crippen LogP) is 3.58. The Morgan fingerprint density at radius 2 is 1.63 bits per heavy atom. The molecule has 2 aromatic heterocycles. The molecule has 142 valence electrons. The Kier molecular flexibility index (Phi) is 4.41. The second kappa shape index (κ2) is 6.33. The van der Waals surface area contributed by atoms with Crippen LogP contribution in [0.3, 0.4) is 0 Å². The number of hydrogen-bond acceptors (Lipinski definition) is 5. The number of rotatable bonds is 2. The number of hydrogen-bond donors (Lipinski definition) is 1. The highest BCUT2D eigenvalue weighted by atomic mass is 16.2. The Hall–Kier alpha value is -2.96. The van der Waals surface area contributed by atoms with Gasteiger partial charge in [-0.25, -0.2) is 15.0 Å². The monoisotopic (exact) mass is 366 g/mol. The molecule has 0 fully saturated rings. The molecule has 0 saturated heterocycles. The van der Waals surface area contributed by atoms with Crippen molar-refractivity contribution in [1.82, 2.24) is 19.5 Å². The quantitative estimate of drug-likeness (QED) is 0.700. The summed E-state index contributed by atoms with van der Waals surface area (Å²) in [5.41, 5.74) is 7.57. The maximum Gasteiger partial charge on any atom is 0.234 e. The molecule has 0 saturated carbocycles. The first-order valence-corrected chi connectivity index (χ1v) is 8.89. The summed E-state index contributed by atoms with van der Waals surface area (Å²) < 4.78 is 1.86. The number of benzene rings is 1. The maximum atomic E-state index is 13.2. The van der Waals surface area contributed by atoms with Gasteiger partial charge in [-0.05, 0) is 45.0 Å². The number of amides is 1. The van der Waals surface area contributed by atoms with Crippen molar-refractivity contribution in [2.45, 2.75) is 47.1 Å². The third-order valence-corrected chi connectivity index (χ3v) is 4.21. The predicted molar refractivity (Wildman–Crippen MR) is 108 cm³/mol. The summed E-state index contributed by atoms with van der Waals surface area (Å²) in [5.74, 6) is 0.499. The van der Waals surface area contributed by atoms with Crippen LogP contribution in [0, 0.1) is 5.41 Å². The van der Waals surface area contributed by atoms with Gasteiger partial charge in [0.25, 0.3) is 0 Å². The molecule has 2 N–H and O–H groups in total. The minimum atomic E-state index is -0.552. The number of carbonyl (C=O) groups is 1. The van der Waals surface area contributed by atoms with Gasteiger partial charge >= 0.3 is 0 Å². The summed E-state index contributed by atoms with van der Waals surface area (Å²) in [5, 5.41) is 0. The molecule has 2 heterocycles. The molecule has 3 rings (SSSR count). The van der Waals surface area contributed by atoms with Crippen molar-refractivity contribution in [3.05, 3.63) is 36.9 Å². The molecule has 0 atom stereocenters. The van der Waals surface area contributed by atoms with Crippen LogP contribution in [-0.2, 0) is 4.79 Å². The molecule has 0 radical (unpaired) electrons. The Morgan fingerprint density at radius 3 is 2.19 bits per heavy atom. The van der Waals surface area contributed by atoms with E-state index in [-0.39, 0.29) is 5.91 Å². The number of nitrogen functional groups attached to an aromatic ring is 1. The lowest BCUT2D eigenvalue weighted by Gasteiger charge is -2.38. The van der Waals surface area contributed by atoms with Crippen LogP contribution in [0.4, 0.5) is 11.5 Å². The van der Waals surface area contributed by atoms with Gasteiger partial charge in [0.1, 0.15) is 12.7 Å². The van der Waals surface area contributed by atoms with Gasteiger partial charge in [0.2, 0.25) is 5.91 Å². The van der Waals surface area contributed by atoms with Gasteiger partial charge in [-0.2, -0.15) is 0 Å². The molecule has 27 heavy (non-hydrogen) atoms. The third-order valence-electron chi connectivity index (χ3n) is 4.21. The SMILES string of the molecule is CC(C)(C)C(=O)N(c1ncnc2c1ncn2-c1ccc(N)cc1)C(C)(C)C. The van der Waals surface area contributed by atoms with Crippen LogP contribution in [0.2, 0.25) is 0 Å². The zero-order chi connectivity index (χ0) is 20.0. The lowest BCUT2D eigenvalue weighted by molar-refractivity contribution is -0.126. The lowest BCUT2D eigenvalue weighted by atomic mass is 9.91. The molecule has 1 amide bonds. The molecule has 0 unspecified atom stereocenters. The van der Waals surface area contributed by atoms with Gasteiger partial charge in [0.05, 0.1) is 0 Å². The van der Waals surface area contributed by atoms with Crippen LogP contribution in [0.25, 0.3) is 16.9 Å². The van der Waals surface area contributed by atoms with Crippen molar-refractivity contribution in [2.24, 2.45) is 5.41 Å². The summed E-state index contributed by atoms with van der Waals surface area (Å²) in [4.78, 5) is 28.3. The van der Waals surface area contributed by atoms with Crippen molar-refractivity contribution in [3.8, 4) is 5.69 Å². The Bertz CT molecular complexity index is 976. The number of nitrogens with zero attached hydrogens (tertiary/aromatic N) is 5. The number of aromatic nitrogens is 4. The normalized spacial score (nSPS) is 12.4. The van der Waals surface area contributed by atoms with E-state index >= 15 is 0 Å². The van der Waals surface area contributed by atoms with Gasteiger partial charge in [0.15, 0.2) is 17.0 Å². The van der Waals surface area contributed by atoms with Crippen LogP contribution in [0.1, 0.15) is 41.5 Å². The smallest absolute Gasteiger partial charge is 0.234 e. The highest BCUT2D eigenvalue weighted by Gasteiger charge is 2.37. The van der Waals surface area contributed by atoms with Gasteiger partial charge < -0.3 is 5.73 Å². The standard InChI is InChI=1S/C20H26N6O/c1-19(2,3)18(27)26(20(4,5)6)17-15-16(22-11-23-17)25(12-24-15)14-9-7-13(21)8-10-14/h7-12H,21H2,1-6H3. The van der Waals surface area contributed by atoms with Crippen LogP contribution in [0.15, 0.2) is 36.9 Å². The minimum absolute atomic E-state index is 0.0166. The van der Waals surface area contributed by atoms with E-state index in [0.29, 0.717) is 22.7 Å². The van der Waals surface area contributed by atoms with E-state index in [1.165, 1.54) is 6.33 Å².